The molecule has 1 aromatic heterocycles. The van der Waals surface area contributed by atoms with Crippen molar-refractivity contribution in [1.29, 1.82) is 0 Å². The number of hydrogen-bond acceptors (Lipinski definition) is 6. The van der Waals surface area contributed by atoms with E-state index in [2.05, 4.69) is 38.6 Å². The van der Waals surface area contributed by atoms with Crippen LogP contribution in [0.4, 0.5) is 23.1 Å². The van der Waals surface area contributed by atoms with Crippen molar-refractivity contribution in [1.82, 2.24) is 9.97 Å². The van der Waals surface area contributed by atoms with Gasteiger partial charge in [0, 0.05) is 12.0 Å². The van der Waals surface area contributed by atoms with Crippen LogP contribution < -0.4 is 21.7 Å². The zero-order valence-electron chi connectivity index (χ0n) is 19.1. The Kier molecular flexibility index (Phi) is 7.67. The van der Waals surface area contributed by atoms with Crippen LogP contribution in [-0.2, 0) is 9.59 Å². The Labute approximate surface area is 204 Å². The van der Waals surface area contributed by atoms with Crippen LogP contribution in [0.3, 0.4) is 0 Å². The minimum atomic E-state index is -0.288. The lowest BCUT2D eigenvalue weighted by Crippen LogP contribution is -2.34. The molecule has 4 rings (SSSR count). The molecular weight excluding hydrogens is 452 g/mol. The lowest BCUT2D eigenvalue weighted by atomic mass is 9.85. The van der Waals surface area contributed by atoms with Crippen LogP contribution in [0.5, 0.6) is 0 Å². The third-order valence-corrected chi connectivity index (χ3v) is 7.00. The number of rotatable bonds is 8. The third kappa shape index (κ3) is 5.86. The molecule has 0 spiro atoms. The van der Waals surface area contributed by atoms with Gasteiger partial charge in [0.2, 0.25) is 17.8 Å². The number of carbonyl (C=O) groups is 2. The Hall–Kier alpha value is -3.13. The lowest BCUT2D eigenvalue weighted by molar-refractivity contribution is -0.122. The maximum atomic E-state index is 12.1. The van der Waals surface area contributed by atoms with Gasteiger partial charge in [0.15, 0.2) is 5.82 Å². The van der Waals surface area contributed by atoms with Crippen LogP contribution in [0.2, 0.25) is 5.02 Å². The van der Waals surface area contributed by atoms with Crippen molar-refractivity contribution >= 4 is 46.6 Å². The van der Waals surface area contributed by atoms with Gasteiger partial charge in [-0.2, -0.15) is 4.98 Å². The zero-order chi connectivity index (χ0) is 24.1. The van der Waals surface area contributed by atoms with E-state index in [1.54, 1.807) is 0 Å². The number of nitrogens with zero attached hydrogens (tertiary/aromatic N) is 2. The second-order valence-electron chi connectivity index (χ2n) is 9.10. The Balaban J connectivity index is 1.54. The van der Waals surface area contributed by atoms with E-state index in [0.717, 1.165) is 32.1 Å². The predicted octanol–water partition coefficient (Wildman–Crippen LogP) is 5.11. The molecule has 5 N–H and O–H groups in total. The summed E-state index contributed by atoms with van der Waals surface area (Å²) in [5, 5.41) is 9.80. The summed E-state index contributed by atoms with van der Waals surface area (Å²) >= 11 is 6.39. The number of primary amides is 1. The smallest absolute Gasteiger partial charge is 0.247 e. The number of aromatic nitrogens is 2. The number of nitrogens with two attached hydrogens (primary N) is 1. The van der Waals surface area contributed by atoms with Crippen molar-refractivity contribution in [3.05, 3.63) is 47.6 Å². The Morgan fingerprint density at radius 2 is 1.91 bits per heavy atom. The van der Waals surface area contributed by atoms with Gasteiger partial charge in [0.1, 0.15) is 5.02 Å². The average Bonchev–Trinajstić information content (AvgIpc) is 3.37. The lowest BCUT2D eigenvalue weighted by Gasteiger charge is -2.28. The number of anilines is 4. The van der Waals surface area contributed by atoms with Crippen LogP contribution in [0.1, 0.15) is 62.8 Å². The van der Waals surface area contributed by atoms with Gasteiger partial charge in [-0.1, -0.05) is 43.5 Å². The second-order valence-corrected chi connectivity index (χ2v) is 9.51. The fourth-order valence-electron chi connectivity index (χ4n) is 4.88. The Morgan fingerprint density at radius 3 is 2.65 bits per heavy atom. The Morgan fingerprint density at radius 1 is 1.12 bits per heavy atom. The third-order valence-electron chi connectivity index (χ3n) is 6.72. The minimum absolute atomic E-state index is 0.0633. The van der Waals surface area contributed by atoms with Gasteiger partial charge >= 0.3 is 0 Å². The molecule has 0 radical (unpaired) electrons. The molecule has 34 heavy (non-hydrogen) atoms. The largest absolute Gasteiger partial charge is 0.369 e. The quantitative estimate of drug-likeness (QED) is 0.388. The van der Waals surface area contributed by atoms with Crippen LogP contribution in [0.15, 0.2) is 37.1 Å². The first kappa shape index (κ1) is 24.0. The van der Waals surface area contributed by atoms with Gasteiger partial charge in [0.05, 0.1) is 17.6 Å². The second kappa shape index (κ2) is 10.9. The van der Waals surface area contributed by atoms with Crippen LogP contribution in [0.25, 0.3) is 0 Å². The van der Waals surface area contributed by atoms with Crippen molar-refractivity contribution in [2.24, 2.45) is 11.7 Å². The van der Waals surface area contributed by atoms with E-state index < -0.39 is 0 Å². The van der Waals surface area contributed by atoms with Gasteiger partial charge < -0.3 is 21.7 Å². The van der Waals surface area contributed by atoms with Crippen molar-refractivity contribution in [3.8, 4) is 0 Å². The minimum Gasteiger partial charge on any atom is -0.369 e. The van der Waals surface area contributed by atoms with Crippen LogP contribution in [-0.4, -0.2) is 27.8 Å². The summed E-state index contributed by atoms with van der Waals surface area (Å²) in [5.41, 5.74) is 8.03. The summed E-state index contributed by atoms with van der Waals surface area (Å²) in [6.07, 6.45) is 10.9. The van der Waals surface area contributed by atoms with E-state index in [1.165, 1.54) is 30.7 Å². The first-order valence-corrected chi connectivity index (χ1v) is 12.2. The molecule has 2 amide bonds. The highest BCUT2D eigenvalue weighted by molar-refractivity contribution is 6.33. The van der Waals surface area contributed by atoms with E-state index in [1.807, 2.05) is 12.1 Å². The molecule has 2 saturated carbocycles. The highest BCUT2D eigenvalue weighted by Gasteiger charge is 2.26. The molecule has 2 aliphatic rings. The number of hydrogen-bond donors (Lipinski definition) is 4. The van der Waals surface area contributed by atoms with Gasteiger partial charge in [-0.25, -0.2) is 4.98 Å². The molecule has 2 aliphatic carbocycles. The van der Waals surface area contributed by atoms with E-state index in [4.69, 9.17) is 17.3 Å². The molecule has 0 bridgehead atoms. The fraction of sp³-hybridized carbons (Fsp3) is 0.440. The number of carbonyl (C=O) groups excluding carboxylic acids is 2. The Bertz CT molecular complexity index is 1070. The van der Waals surface area contributed by atoms with Crippen molar-refractivity contribution in [3.63, 3.8) is 0 Å². The van der Waals surface area contributed by atoms with Gasteiger partial charge in [-0.3, -0.25) is 9.59 Å². The molecule has 0 aliphatic heterocycles. The number of benzene rings is 1. The molecule has 0 saturated heterocycles. The number of halogens is 1. The standard InChI is InChI=1S/C25H31ClN6O2/c1-2-22(33)30-21-13-16(15-6-3-4-7-15)10-11-20(21)31-24-19(26)14-28-25(32-24)29-18-9-5-8-17(12-18)23(27)34/h2,10-11,13-15,17-18H,1,3-9,12H2,(H2,27,34)(H,30,33)(H2,28,29,31,32)/t17-,18+/m1/s1. The molecule has 2 fully saturated rings. The summed E-state index contributed by atoms with van der Waals surface area (Å²) < 4.78 is 0. The molecule has 180 valence electrons. The molecule has 1 aromatic carbocycles. The number of nitrogens with one attached hydrogen (secondary N) is 3. The molecular formula is C25H31ClN6O2. The highest BCUT2D eigenvalue weighted by Crippen LogP contribution is 2.38. The maximum absolute atomic E-state index is 12.1. The first-order chi connectivity index (χ1) is 16.4. The molecule has 2 atom stereocenters. The zero-order valence-corrected chi connectivity index (χ0v) is 19.9. The van der Waals surface area contributed by atoms with E-state index in [-0.39, 0.29) is 23.8 Å². The van der Waals surface area contributed by atoms with Gasteiger partial charge in [-0.05, 0) is 61.8 Å². The molecule has 9 heteroatoms. The van der Waals surface area contributed by atoms with Crippen LogP contribution >= 0.6 is 11.6 Å². The summed E-state index contributed by atoms with van der Waals surface area (Å²) in [6, 6.07) is 6.10. The topological polar surface area (TPSA) is 122 Å². The molecule has 2 aromatic rings. The molecule has 8 nitrogen and oxygen atoms in total. The van der Waals surface area contributed by atoms with Crippen LogP contribution in [0, 0.1) is 5.92 Å². The number of amides is 2. The fourth-order valence-corrected chi connectivity index (χ4v) is 5.02. The predicted molar refractivity (Wildman–Crippen MR) is 135 cm³/mol. The van der Waals surface area contributed by atoms with Crippen molar-refractivity contribution < 1.29 is 9.59 Å². The summed E-state index contributed by atoms with van der Waals surface area (Å²) in [7, 11) is 0. The highest BCUT2D eigenvalue weighted by atomic mass is 35.5. The summed E-state index contributed by atoms with van der Waals surface area (Å²) in [6.45, 7) is 3.56. The van der Waals surface area contributed by atoms with Crippen molar-refractivity contribution in [2.45, 2.75) is 63.3 Å². The molecule has 1 heterocycles. The normalized spacial score (nSPS) is 20.5. The van der Waals surface area contributed by atoms with Gasteiger partial charge in [0.25, 0.3) is 0 Å². The van der Waals surface area contributed by atoms with E-state index in [9.17, 15) is 9.59 Å². The molecule has 0 unspecified atom stereocenters. The van der Waals surface area contributed by atoms with E-state index >= 15 is 0 Å². The SMILES string of the molecule is C=CC(=O)Nc1cc(C2CCCC2)ccc1Nc1nc(N[C@H]2CCC[C@@H](C(N)=O)C2)ncc1Cl. The summed E-state index contributed by atoms with van der Waals surface area (Å²) in [4.78, 5) is 32.5. The van der Waals surface area contributed by atoms with Gasteiger partial charge in [-0.15, -0.1) is 0 Å². The van der Waals surface area contributed by atoms with E-state index in [0.29, 0.717) is 40.5 Å². The summed E-state index contributed by atoms with van der Waals surface area (Å²) in [5.74, 6) is 0.660. The monoisotopic (exact) mass is 482 g/mol. The maximum Gasteiger partial charge on any atom is 0.247 e. The average molecular weight is 483 g/mol. The van der Waals surface area contributed by atoms with Crippen molar-refractivity contribution in [2.75, 3.05) is 16.0 Å². The first-order valence-electron chi connectivity index (χ1n) is 11.9.